The lowest BCUT2D eigenvalue weighted by atomic mass is 9.98. The molecule has 0 saturated carbocycles. The number of rotatable bonds is 5. The number of benzene rings is 2. The number of pyridine rings is 2. The van der Waals surface area contributed by atoms with Crippen molar-refractivity contribution in [2.45, 2.75) is 20.0 Å². The lowest BCUT2D eigenvalue weighted by Crippen LogP contribution is -2.23. The minimum absolute atomic E-state index is 0.0777. The second kappa shape index (κ2) is 8.03. The van der Waals surface area contributed by atoms with Gasteiger partial charge in [0.1, 0.15) is 5.75 Å². The molecule has 1 aliphatic heterocycles. The van der Waals surface area contributed by atoms with Gasteiger partial charge in [-0.25, -0.2) is 4.98 Å². The Kier molecular flexibility index (Phi) is 4.92. The van der Waals surface area contributed by atoms with Gasteiger partial charge in [-0.3, -0.25) is 9.78 Å². The van der Waals surface area contributed by atoms with Gasteiger partial charge in [0, 0.05) is 42.7 Å². The van der Waals surface area contributed by atoms with Crippen LogP contribution < -0.4 is 4.74 Å². The summed E-state index contributed by atoms with van der Waals surface area (Å²) in [4.78, 5) is 23.6. The van der Waals surface area contributed by atoms with Gasteiger partial charge in [0.15, 0.2) is 0 Å². The Morgan fingerprint density at radius 3 is 2.42 bits per heavy atom. The Hall–Kier alpha value is -3.99. The predicted molar refractivity (Wildman–Crippen MR) is 119 cm³/mol. The first kappa shape index (κ1) is 19.0. The number of aryl methyl sites for hydroxylation is 1. The third kappa shape index (κ3) is 3.90. The van der Waals surface area contributed by atoms with Crippen LogP contribution in [0.2, 0.25) is 0 Å². The molecule has 0 spiro atoms. The van der Waals surface area contributed by atoms with E-state index < -0.39 is 0 Å². The first-order chi connectivity index (χ1) is 15.2. The van der Waals surface area contributed by atoms with Gasteiger partial charge in [0.2, 0.25) is 5.88 Å². The zero-order valence-corrected chi connectivity index (χ0v) is 17.2. The summed E-state index contributed by atoms with van der Waals surface area (Å²) < 4.78 is 5.75. The van der Waals surface area contributed by atoms with Crippen LogP contribution in [-0.2, 0) is 13.1 Å². The van der Waals surface area contributed by atoms with E-state index in [9.17, 15) is 4.79 Å². The molecule has 0 saturated heterocycles. The highest BCUT2D eigenvalue weighted by Crippen LogP contribution is 2.32. The van der Waals surface area contributed by atoms with Crippen LogP contribution in [0.15, 0.2) is 85.2 Å². The molecule has 0 radical (unpaired) electrons. The third-order valence-electron chi connectivity index (χ3n) is 5.40. The summed E-state index contributed by atoms with van der Waals surface area (Å²) in [7, 11) is 0. The SMILES string of the molecule is Cc1cc(-c2ccccn2)cc2c1C(=O)N(Cc1ccc(Oc3ccccn3)cc1)C2. The molecule has 0 unspecified atom stereocenters. The minimum atomic E-state index is 0.0777. The van der Waals surface area contributed by atoms with Crippen LogP contribution in [-0.4, -0.2) is 20.8 Å². The van der Waals surface area contributed by atoms with E-state index in [4.69, 9.17) is 4.74 Å². The summed E-state index contributed by atoms with van der Waals surface area (Å²) >= 11 is 0. The van der Waals surface area contributed by atoms with Gasteiger partial charge in [-0.2, -0.15) is 0 Å². The molecule has 5 heteroatoms. The van der Waals surface area contributed by atoms with Crippen LogP contribution in [0.5, 0.6) is 11.6 Å². The van der Waals surface area contributed by atoms with E-state index in [2.05, 4.69) is 16.0 Å². The summed E-state index contributed by atoms with van der Waals surface area (Å²) in [6.07, 6.45) is 3.48. The van der Waals surface area contributed by atoms with E-state index in [1.54, 1.807) is 12.4 Å². The second-order valence-electron chi connectivity index (χ2n) is 7.62. The highest BCUT2D eigenvalue weighted by atomic mass is 16.5. The first-order valence-electron chi connectivity index (χ1n) is 10.2. The van der Waals surface area contributed by atoms with E-state index in [1.807, 2.05) is 78.6 Å². The Balaban J connectivity index is 1.32. The topological polar surface area (TPSA) is 55.3 Å². The highest BCUT2D eigenvalue weighted by Gasteiger charge is 2.29. The molecule has 4 aromatic rings. The largest absolute Gasteiger partial charge is 0.439 e. The number of ether oxygens (including phenoxy) is 1. The van der Waals surface area contributed by atoms with Crippen LogP contribution >= 0.6 is 0 Å². The summed E-state index contributed by atoms with van der Waals surface area (Å²) in [6.45, 7) is 3.15. The average molecular weight is 407 g/mol. The molecule has 0 bridgehead atoms. The molecule has 0 atom stereocenters. The standard InChI is InChI=1S/C26H21N3O2/c1-18-14-20(23-6-2-4-12-27-23)15-21-17-29(26(30)25(18)21)16-19-8-10-22(11-9-19)31-24-7-3-5-13-28-24/h2-15H,16-17H2,1H3. The number of carbonyl (C=O) groups excluding carboxylic acids is 1. The zero-order chi connectivity index (χ0) is 21.2. The number of hydrogen-bond donors (Lipinski definition) is 0. The van der Waals surface area contributed by atoms with E-state index in [0.29, 0.717) is 24.7 Å². The molecule has 1 aliphatic rings. The van der Waals surface area contributed by atoms with Crippen LogP contribution in [0.4, 0.5) is 0 Å². The Morgan fingerprint density at radius 2 is 1.71 bits per heavy atom. The zero-order valence-electron chi connectivity index (χ0n) is 17.2. The lowest BCUT2D eigenvalue weighted by Gasteiger charge is -2.16. The molecule has 0 N–H and O–H groups in total. The molecule has 2 aromatic carbocycles. The van der Waals surface area contributed by atoms with Crippen molar-refractivity contribution >= 4 is 5.91 Å². The van der Waals surface area contributed by atoms with Crippen LogP contribution in [0.1, 0.15) is 27.0 Å². The van der Waals surface area contributed by atoms with Gasteiger partial charge in [-0.1, -0.05) is 24.3 Å². The van der Waals surface area contributed by atoms with Crippen molar-refractivity contribution in [3.63, 3.8) is 0 Å². The van der Waals surface area contributed by atoms with Crippen LogP contribution in [0, 0.1) is 6.92 Å². The van der Waals surface area contributed by atoms with E-state index >= 15 is 0 Å². The van der Waals surface area contributed by atoms with Gasteiger partial charge in [0.25, 0.3) is 5.91 Å². The number of carbonyl (C=O) groups is 1. The van der Waals surface area contributed by atoms with Gasteiger partial charge >= 0.3 is 0 Å². The molecule has 5 nitrogen and oxygen atoms in total. The van der Waals surface area contributed by atoms with Crippen molar-refractivity contribution in [3.8, 4) is 22.9 Å². The van der Waals surface area contributed by atoms with Crippen molar-refractivity contribution < 1.29 is 9.53 Å². The molecule has 5 rings (SSSR count). The number of fused-ring (bicyclic) bond motifs is 1. The third-order valence-corrected chi connectivity index (χ3v) is 5.40. The van der Waals surface area contributed by atoms with Crippen molar-refractivity contribution in [2.75, 3.05) is 0 Å². The molecule has 1 amide bonds. The molecule has 2 aromatic heterocycles. The highest BCUT2D eigenvalue weighted by molar-refractivity contribution is 6.00. The number of hydrogen-bond acceptors (Lipinski definition) is 4. The van der Waals surface area contributed by atoms with E-state index in [-0.39, 0.29) is 5.91 Å². The summed E-state index contributed by atoms with van der Waals surface area (Å²) in [6, 6.07) is 23.3. The van der Waals surface area contributed by atoms with Crippen LogP contribution in [0.3, 0.4) is 0 Å². The molecular weight excluding hydrogens is 386 g/mol. The molecule has 3 heterocycles. The van der Waals surface area contributed by atoms with Crippen molar-refractivity contribution in [1.82, 2.24) is 14.9 Å². The Bertz CT molecular complexity index is 1220. The van der Waals surface area contributed by atoms with Crippen molar-refractivity contribution in [3.05, 3.63) is 107 Å². The summed E-state index contributed by atoms with van der Waals surface area (Å²) in [5.41, 5.74) is 5.88. The maximum absolute atomic E-state index is 13.1. The average Bonchev–Trinajstić information content (AvgIpc) is 3.12. The fourth-order valence-electron chi connectivity index (χ4n) is 3.95. The fourth-order valence-corrected chi connectivity index (χ4v) is 3.95. The normalized spacial score (nSPS) is 12.7. The molecule has 152 valence electrons. The van der Waals surface area contributed by atoms with Gasteiger partial charge < -0.3 is 9.64 Å². The minimum Gasteiger partial charge on any atom is -0.439 e. The lowest BCUT2D eigenvalue weighted by molar-refractivity contribution is 0.0766. The van der Waals surface area contributed by atoms with Crippen molar-refractivity contribution in [2.24, 2.45) is 0 Å². The predicted octanol–water partition coefficient (Wildman–Crippen LogP) is 5.40. The smallest absolute Gasteiger partial charge is 0.255 e. The molecule has 0 fully saturated rings. The molecule has 0 aliphatic carbocycles. The Morgan fingerprint density at radius 1 is 0.935 bits per heavy atom. The fraction of sp³-hybridized carbons (Fsp3) is 0.115. The molecule has 31 heavy (non-hydrogen) atoms. The van der Waals surface area contributed by atoms with Gasteiger partial charge in [-0.05, 0) is 66.1 Å². The maximum Gasteiger partial charge on any atom is 0.255 e. The second-order valence-corrected chi connectivity index (χ2v) is 7.62. The van der Waals surface area contributed by atoms with Crippen LogP contribution in [0.25, 0.3) is 11.3 Å². The number of nitrogens with zero attached hydrogens (tertiary/aromatic N) is 3. The number of amides is 1. The van der Waals surface area contributed by atoms with E-state index in [0.717, 1.165) is 33.5 Å². The monoisotopic (exact) mass is 407 g/mol. The maximum atomic E-state index is 13.1. The van der Waals surface area contributed by atoms with Gasteiger partial charge in [0.05, 0.1) is 5.69 Å². The van der Waals surface area contributed by atoms with Crippen molar-refractivity contribution in [1.29, 1.82) is 0 Å². The molecular formula is C26H21N3O2. The van der Waals surface area contributed by atoms with Gasteiger partial charge in [-0.15, -0.1) is 0 Å². The summed E-state index contributed by atoms with van der Waals surface area (Å²) in [5, 5.41) is 0. The summed E-state index contributed by atoms with van der Waals surface area (Å²) in [5.74, 6) is 1.35. The number of aromatic nitrogens is 2. The Labute approximate surface area is 181 Å². The van der Waals surface area contributed by atoms with E-state index in [1.165, 1.54) is 0 Å². The quantitative estimate of drug-likeness (QED) is 0.444. The first-order valence-corrected chi connectivity index (χ1v) is 10.2.